The number of carbonyl (C=O) groups is 1. The fraction of sp³-hybridized carbons (Fsp3) is 0.286. The first-order chi connectivity index (χ1) is 11.2. The van der Waals surface area contributed by atoms with Crippen LogP contribution in [0, 0.1) is 0 Å². The summed E-state index contributed by atoms with van der Waals surface area (Å²) in [6.07, 6.45) is 5.64. The van der Waals surface area contributed by atoms with Gasteiger partial charge in [0.25, 0.3) is 0 Å². The molecule has 0 bridgehead atoms. The van der Waals surface area contributed by atoms with Crippen molar-refractivity contribution in [3.8, 4) is 0 Å². The summed E-state index contributed by atoms with van der Waals surface area (Å²) in [4.78, 5) is 13.5. The van der Waals surface area contributed by atoms with Crippen molar-refractivity contribution in [1.29, 1.82) is 0 Å². The molecule has 23 heavy (non-hydrogen) atoms. The molecule has 0 aliphatic rings. The lowest BCUT2D eigenvalue weighted by molar-refractivity contribution is 0.104. The predicted octanol–water partition coefficient (Wildman–Crippen LogP) is 5.82. The van der Waals surface area contributed by atoms with Crippen LogP contribution in [0.1, 0.15) is 47.8 Å². The molecule has 0 amide bonds. The van der Waals surface area contributed by atoms with Crippen LogP contribution in [-0.4, -0.2) is 11.5 Å². The maximum absolute atomic E-state index is 12.3. The number of hydrogen-bond acceptors (Lipinski definition) is 2. The molecule has 2 aromatic carbocycles. The number of ketones is 1. The van der Waals surface area contributed by atoms with Crippen molar-refractivity contribution in [2.75, 3.05) is 5.75 Å². The number of benzene rings is 2. The van der Waals surface area contributed by atoms with E-state index in [1.807, 2.05) is 30.3 Å². The zero-order valence-electron chi connectivity index (χ0n) is 14.1. The van der Waals surface area contributed by atoms with E-state index in [2.05, 4.69) is 39.0 Å². The van der Waals surface area contributed by atoms with Crippen LogP contribution in [0.4, 0.5) is 0 Å². The van der Waals surface area contributed by atoms with E-state index < -0.39 is 0 Å². The fourth-order valence-corrected chi connectivity index (χ4v) is 3.15. The largest absolute Gasteiger partial charge is 0.289 e. The van der Waals surface area contributed by atoms with Gasteiger partial charge in [-0.2, -0.15) is 0 Å². The fourth-order valence-electron chi connectivity index (χ4n) is 2.49. The summed E-state index contributed by atoms with van der Waals surface area (Å²) in [6.45, 7) is 6.44. The third kappa shape index (κ3) is 4.84. The smallest absolute Gasteiger partial charge is 0.185 e. The number of thioether (sulfide) groups is 1. The van der Waals surface area contributed by atoms with Crippen LogP contribution >= 0.6 is 11.8 Å². The molecular formula is C21H24OS. The Labute approximate surface area is 143 Å². The van der Waals surface area contributed by atoms with Gasteiger partial charge < -0.3 is 0 Å². The van der Waals surface area contributed by atoms with Crippen molar-refractivity contribution in [3.63, 3.8) is 0 Å². The lowest BCUT2D eigenvalue weighted by Crippen LogP contribution is -1.95. The highest BCUT2D eigenvalue weighted by molar-refractivity contribution is 7.99. The summed E-state index contributed by atoms with van der Waals surface area (Å²) in [5.41, 5.74) is 4.51. The summed E-state index contributed by atoms with van der Waals surface area (Å²) in [6, 6.07) is 14.3. The van der Waals surface area contributed by atoms with Gasteiger partial charge in [-0.3, -0.25) is 4.79 Å². The molecule has 2 rings (SSSR count). The Kier molecular flexibility index (Phi) is 6.66. The molecule has 120 valence electrons. The van der Waals surface area contributed by atoms with E-state index in [9.17, 15) is 4.79 Å². The zero-order valence-corrected chi connectivity index (χ0v) is 15.0. The van der Waals surface area contributed by atoms with Gasteiger partial charge in [-0.1, -0.05) is 45.0 Å². The molecule has 2 aromatic rings. The van der Waals surface area contributed by atoms with Gasteiger partial charge in [0.2, 0.25) is 0 Å². The number of rotatable bonds is 7. The van der Waals surface area contributed by atoms with Gasteiger partial charge in [-0.05, 0) is 65.6 Å². The highest BCUT2D eigenvalue weighted by Gasteiger charge is 2.04. The Morgan fingerprint density at radius 1 is 1.00 bits per heavy atom. The van der Waals surface area contributed by atoms with Crippen molar-refractivity contribution in [2.24, 2.45) is 0 Å². The van der Waals surface area contributed by atoms with Crippen molar-refractivity contribution in [3.05, 3.63) is 70.8 Å². The number of hydrogen-bond donors (Lipinski definition) is 0. The molecule has 0 aliphatic carbocycles. The molecule has 0 heterocycles. The van der Waals surface area contributed by atoms with Gasteiger partial charge in [0, 0.05) is 10.5 Å². The van der Waals surface area contributed by atoms with Crippen LogP contribution in [0.2, 0.25) is 0 Å². The molecule has 0 radical (unpaired) electrons. The SMILES string of the molecule is CCSc1ccc(C(=O)C=Cc2ccc(CC)cc2CC)cc1. The minimum Gasteiger partial charge on any atom is -0.289 e. The maximum atomic E-state index is 12.3. The van der Waals surface area contributed by atoms with E-state index in [-0.39, 0.29) is 5.78 Å². The Morgan fingerprint density at radius 2 is 1.74 bits per heavy atom. The lowest BCUT2D eigenvalue weighted by Gasteiger charge is -2.06. The maximum Gasteiger partial charge on any atom is 0.185 e. The standard InChI is InChI=1S/C21H24OS/c1-4-16-7-8-18(17(5-2)15-16)11-14-21(22)19-9-12-20(13-10-19)23-6-3/h7-15H,4-6H2,1-3H3. The summed E-state index contributed by atoms with van der Waals surface area (Å²) in [7, 11) is 0. The molecule has 0 aliphatic heterocycles. The molecule has 1 nitrogen and oxygen atoms in total. The van der Waals surface area contributed by atoms with E-state index in [0.717, 1.165) is 29.7 Å². The summed E-state index contributed by atoms with van der Waals surface area (Å²) < 4.78 is 0. The van der Waals surface area contributed by atoms with Crippen LogP contribution in [0.3, 0.4) is 0 Å². The third-order valence-electron chi connectivity index (χ3n) is 3.86. The predicted molar refractivity (Wildman–Crippen MR) is 101 cm³/mol. The number of allylic oxidation sites excluding steroid dienone is 1. The van der Waals surface area contributed by atoms with Gasteiger partial charge in [-0.25, -0.2) is 0 Å². The van der Waals surface area contributed by atoms with Gasteiger partial charge in [-0.15, -0.1) is 11.8 Å². The average Bonchev–Trinajstić information content (AvgIpc) is 2.60. The van der Waals surface area contributed by atoms with Crippen LogP contribution < -0.4 is 0 Å². The second-order valence-corrected chi connectivity index (χ2v) is 6.73. The molecule has 0 fully saturated rings. The monoisotopic (exact) mass is 324 g/mol. The normalized spacial score (nSPS) is 11.1. The number of aryl methyl sites for hydroxylation is 2. The van der Waals surface area contributed by atoms with Crippen LogP contribution in [0.25, 0.3) is 6.08 Å². The molecule has 0 N–H and O–H groups in total. The lowest BCUT2D eigenvalue weighted by atomic mass is 9.99. The van der Waals surface area contributed by atoms with Crippen LogP contribution in [0.15, 0.2) is 53.4 Å². The quantitative estimate of drug-likeness (QED) is 0.363. The summed E-state index contributed by atoms with van der Waals surface area (Å²) >= 11 is 1.78. The molecule has 0 aromatic heterocycles. The van der Waals surface area contributed by atoms with Gasteiger partial charge in [0.1, 0.15) is 0 Å². The third-order valence-corrected chi connectivity index (χ3v) is 4.75. The first kappa shape index (κ1) is 17.6. The van der Waals surface area contributed by atoms with E-state index >= 15 is 0 Å². The Morgan fingerprint density at radius 3 is 2.35 bits per heavy atom. The van der Waals surface area contributed by atoms with Gasteiger partial charge in [0.15, 0.2) is 5.78 Å². The minimum atomic E-state index is 0.0552. The van der Waals surface area contributed by atoms with Crippen LogP contribution in [-0.2, 0) is 12.8 Å². The van der Waals surface area contributed by atoms with E-state index in [4.69, 9.17) is 0 Å². The second kappa shape index (κ2) is 8.73. The zero-order chi connectivity index (χ0) is 16.7. The van der Waals surface area contributed by atoms with Gasteiger partial charge >= 0.3 is 0 Å². The molecule has 0 saturated heterocycles. The molecule has 0 spiro atoms. The van der Waals surface area contributed by atoms with E-state index in [1.54, 1.807) is 17.8 Å². The first-order valence-corrected chi connectivity index (χ1v) is 9.23. The molecule has 0 atom stereocenters. The Bertz CT molecular complexity index is 683. The molecule has 2 heteroatoms. The topological polar surface area (TPSA) is 17.1 Å². The van der Waals surface area contributed by atoms with Crippen molar-refractivity contribution >= 4 is 23.6 Å². The minimum absolute atomic E-state index is 0.0552. The Balaban J connectivity index is 2.14. The molecular weight excluding hydrogens is 300 g/mol. The van der Waals surface area contributed by atoms with Crippen molar-refractivity contribution in [1.82, 2.24) is 0 Å². The molecule has 0 unspecified atom stereocenters. The summed E-state index contributed by atoms with van der Waals surface area (Å²) in [5.74, 6) is 1.10. The van der Waals surface area contributed by atoms with Crippen LogP contribution in [0.5, 0.6) is 0 Å². The van der Waals surface area contributed by atoms with E-state index in [0.29, 0.717) is 0 Å². The average molecular weight is 324 g/mol. The van der Waals surface area contributed by atoms with Gasteiger partial charge in [0.05, 0.1) is 0 Å². The highest BCUT2D eigenvalue weighted by Crippen LogP contribution is 2.19. The van der Waals surface area contributed by atoms with E-state index in [1.165, 1.54) is 16.0 Å². The second-order valence-electron chi connectivity index (χ2n) is 5.40. The van der Waals surface area contributed by atoms with Crippen molar-refractivity contribution in [2.45, 2.75) is 38.5 Å². The summed E-state index contributed by atoms with van der Waals surface area (Å²) in [5, 5.41) is 0. The molecule has 0 saturated carbocycles. The van der Waals surface area contributed by atoms with Crippen molar-refractivity contribution < 1.29 is 4.79 Å². The Hall–Kier alpha value is -1.80. The number of carbonyl (C=O) groups excluding carboxylic acids is 1. The highest BCUT2D eigenvalue weighted by atomic mass is 32.2. The first-order valence-electron chi connectivity index (χ1n) is 8.25.